The molecule has 108 valence electrons. The Bertz CT molecular complexity index is 372. The molecule has 0 atom stereocenters. The van der Waals surface area contributed by atoms with E-state index in [0.29, 0.717) is 25.1 Å². The Hall–Kier alpha value is -0.650. The summed E-state index contributed by atoms with van der Waals surface area (Å²) in [7, 11) is 0. The maximum absolute atomic E-state index is 5.67. The van der Waals surface area contributed by atoms with Crippen molar-refractivity contribution in [1.29, 1.82) is 0 Å². The van der Waals surface area contributed by atoms with Crippen molar-refractivity contribution in [2.45, 2.75) is 39.8 Å². The lowest BCUT2D eigenvalue weighted by Gasteiger charge is -2.13. The number of pyridine rings is 1. The van der Waals surface area contributed by atoms with Crippen LogP contribution in [0, 0.1) is 0 Å². The van der Waals surface area contributed by atoms with Crippen molar-refractivity contribution in [1.82, 2.24) is 10.3 Å². The van der Waals surface area contributed by atoms with Crippen LogP contribution in [-0.4, -0.2) is 30.8 Å². The van der Waals surface area contributed by atoms with E-state index in [9.17, 15) is 0 Å². The molecular formula is C14H23BrN2O2. The molecule has 1 N–H and O–H groups in total. The van der Waals surface area contributed by atoms with E-state index in [4.69, 9.17) is 9.47 Å². The average Bonchev–Trinajstić information content (AvgIpc) is 2.38. The Morgan fingerprint density at radius 1 is 1.32 bits per heavy atom. The third-order valence-corrected chi connectivity index (χ3v) is 2.84. The van der Waals surface area contributed by atoms with Gasteiger partial charge in [-0.15, -0.1) is 0 Å². The quantitative estimate of drug-likeness (QED) is 0.706. The summed E-state index contributed by atoms with van der Waals surface area (Å²) in [6.45, 7) is 8.97. The van der Waals surface area contributed by atoms with E-state index >= 15 is 0 Å². The van der Waals surface area contributed by atoms with Crippen LogP contribution in [0.2, 0.25) is 0 Å². The third-order valence-electron chi connectivity index (χ3n) is 2.41. The molecule has 4 nitrogen and oxygen atoms in total. The Morgan fingerprint density at radius 3 is 2.79 bits per heavy atom. The van der Waals surface area contributed by atoms with Gasteiger partial charge in [-0.05, 0) is 28.4 Å². The molecule has 0 unspecified atom stereocenters. The number of hydrogen-bond donors (Lipinski definition) is 1. The summed E-state index contributed by atoms with van der Waals surface area (Å²) in [5.74, 6) is 0.677. The van der Waals surface area contributed by atoms with Gasteiger partial charge in [0.1, 0.15) is 6.61 Å². The molecule has 1 heterocycles. The molecule has 1 aromatic heterocycles. The first-order valence-electron chi connectivity index (χ1n) is 6.71. The standard InChI is InChI=1S/C14H23BrN2O2/c1-4-5-18-6-7-19-14-12(9-16-11(2)3)8-13(15)10-17-14/h8,10-11,16H,4-7,9H2,1-3H3. The summed E-state index contributed by atoms with van der Waals surface area (Å²) in [5.41, 5.74) is 1.05. The van der Waals surface area contributed by atoms with Crippen LogP contribution in [0.1, 0.15) is 32.8 Å². The van der Waals surface area contributed by atoms with E-state index in [1.165, 1.54) is 0 Å². The zero-order chi connectivity index (χ0) is 14.1. The molecule has 0 spiro atoms. The Balaban J connectivity index is 2.50. The molecule has 0 aliphatic carbocycles. The van der Waals surface area contributed by atoms with Crippen LogP contribution in [-0.2, 0) is 11.3 Å². The van der Waals surface area contributed by atoms with Crippen molar-refractivity contribution in [2.24, 2.45) is 0 Å². The molecule has 5 heteroatoms. The van der Waals surface area contributed by atoms with Gasteiger partial charge < -0.3 is 14.8 Å². The summed E-state index contributed by atoms with van der Waals surface area (Å²) in [6, 6.07) is 2.46. The van der Waals surface area contributed by atoms with Crippen molar-refractivity contribution in [3.63, 3.8) is 0 Å². The largest absolute Gasteiger partial charge is 0.475 e. The topological polar surface area (TPSA) is 43.4 Å². The van der Waals surface area contributed by atoms with Crippen LogP contribution in [0.3, 0.4) is 0 Å². The number of nitrogens with zero attached hydrogens (tertiary/aromatic N) is 1. The highest BCUT2D eigenvalue weighted by Crippen LogP contribution is 2.20. The van der Waals surface area contributed by atoms with Crippen molar-refractivity contribution in [3.05, 3.63) is 22.3 Å². The maximum atomic E-state index is 5.67. The van der Waals surface area contributed by atoms with Gasteiger partial charge in [0.2, 0.25) is 5.88 Å². The molecular weight excluding hydrogens is 308 g/mol. The fourth-order valence-corrected chi connectivity index (χ4v) is 1.86. The molecule has 0 saturated heterocycles. The number of hydrogen-bond acceptors (Lipinski definition) is 4. The maximum Gasteiger partial charge on any atom is 0.217 e. The number of nitrogens with one attached hydrogen (secondary N) is 1. The fourth-order valence-electron chi connectivity index (χ4n) is 1.48. The van der Waals surface area contributed by atoms with Crippen LogP contribution in [0.4, 0.5) is 0 Å². The lowest BCUT2D eigenvalue weighted by Crippen LogP contribution is -2.22. The minimum Gasteiger partial charge on any atom is -0.475 e. The second-order valence-electron chi connectivity index (χ2n) is 4.61. The molecule has 0 saturated carbocycles. The zero-order valence-electron chi connectivity index (χ0n) is 11.9. The highest BCUT2D eigenvalue weighted by molar-refractivity contribution is 9.10. The number of rotatable bonds is 9. The average molecular weight is 331 g/mol. The van der Waals surface area contributed by atoms with E-state index in [2.05, 4.69) is 47.0 Å². The summed E-state index contributed by atoms with van der Waals surface area (Å²) in [6.07, 6.45) is 2.78. The number of ether oxygens (including phenoxy) is 2. The minimum atomic E-state index is 0.430. The number of halogens is 1. The Morgan fingerprint density at radius 2 is 2.11 bits per heavy atom. The van der Waals surface area contributed by atoms with Crippen LogP contribution >= 0.6 is 15.9 Å². The van der Waals surface area contributed by atoms with Gasteiger partial charge in [-0.1, -0.05) is 20.8 Å². The third kappa shape index (κ3) is 6.89. The second kappa shape index (κ2) is 9.28. The van der Waals surface area contributed by atoms with Crippen LogP contribution < -0.4 is 10.1 Å². The van der Waals surface area contributed by atoms with Crippen molar-refractivity contribution in [3.8, 4) is 5.88 Å². The van der Waals surface area contributed by atoms with Crippen molar-refractivity contribution >= 4 is 15.9 Å². The van der Waals surface area contributed by atoms with E-state index < -0.39 is 0 Å². The Kier molecular flexibility index (Phi) is 8.02. The lowest BCUT2D eigenvalue weighted by molar-refractivity contribution is 0.0985. The van der Waals surface area contributed by atoms with Crippen molar-refractivity contribution < 1.29 is 9.47 Å². The molecule has 1 rings (SSSR count). The predicted molar refractivity (Wildman–Crippen MR) is 80.5 cm³/mol. The van der Waals surface area contributed by atoms with Crippen LogP contribution in [0.15, 0.2) is 16.7 Å². The van der Waals surface area contributed by atoms with Crippen molar-refractivity contribution in [2.75, 3.05) is 19.8 Å². The normalized spacial score (nSPS) is 11.0. The summed E-state index contributed by atoms with van der Waals surface area (Å²) < 4.78 is 12.0. The van der Waals surface area contributed by atoms with E-state index in [0.717, 1.165) is 29.6 Å². The minimum absolute atomic E-state index is 0.430. The first kappa shape index (κ1) is 16.4. The first-order chi connectivity index (χ1) is 9.13. The van der Waals surface area contributed by atoms with Gasteiger partial charge in [-0.3, -0.25) is 0 Å². The molecule has 0 aromatic carbocycles. The van der Waals surface area contributed by atoms with Crippen LogP contribution in [0.25, 0.3) is 0 Å². The lowest BCUT2D eigenvalue weighted by atomic mass is 10.2. The molecule has 0 bridgehead atoms. The highest BCUT2D eigenvalue weighted by atomic mass is 79.9. The van der Waals surface area contributed by atoms with Gasteiger partial charge in [0.25, 0.3) is 0 Å². The fraction of sp³-hybridized carbons (Fsp3) is 0.643. The van der Waals surface area contributed by atoms with Gasteiger partial charge in [-0.2, -0.15) is 0 Å². The summed E-state index contributed by atoms with van der Waals surface area (Å²) in [5, 5.41) is 3.37. The van der Waals surface area contributed by atoms with Gasteiger partial charge in [0.05, 0.1) is 6.61 Å². The molecule has 19 heavy (non-hydrogen) atoms. The molecule has 0 radical (unpaired) electrons. The van der Waals surface area contributed by atoms with Gasteiger partial charge >= 0.3 is 0 Å². The second-order valence-corrected chi connectivity index (χ2v) is 5.53. The SMILES string of the molecule is CCCOCCOc1ncc(Br)cc1CNC(C)C. The zero-order valence-corrected chi connectivity index (χ0v) is 13.5. The predicted octanol–water partition coefficient (Wildman–Crippen LogP) is 3.15. The van der Waals surface area contributed by atoms with Gasteiger partial charge in [-0.25, -0.2) is 4.98 Å². The highest BCUT2D eigenvalue weighted by Gasteiger charge is 2.07. The van der Waals surface area contributed by atoms with Crippen LogP contribution in [0.5, 0.6) is 5.88 Å². The molecule has 0 aliphatic rings. The smallest absolute Gasteiger partial charge is 0.217 e. The Labute approximate surface area is 124 Å². The first-order valence-corrected chi connectivity index (χ1v) is 7.51. The van der Waals surface area contributed by atoms with Gasteiger partial charge in [0, 0.05) is 35.4 Å². The van der Waals surface area contributed by atoms with E-state index in [-0.39, 0.29) is 0 Å². The van der Waals surface area contributed by atoms with E-state index in [1.807, 2.05) is 6.07 Å². The number of aromatic nitrogens is 1. The van der Waals surface area contributed by atoms with Gasteiger partial charge in [0.15, 0.2) is 0 Å². The molecule has 0 fully saturated rings. The van der Waals surface area contributed by atoms with E-state index in [1.54, 1.807) is 6.20 Å². The summed E-state index contributed by atoms with van der Waals surface area (Å²) in [4.78, 5) is 4.31. The molecule has 1 aromatic rings. The molecule has 0 amide bonds. The summed E-state index contributed by atoms with van der Waals surface area (Å²) >= 11 is 3.44. The monoisotopic (exact) mass is 330 g/mol. The molecule has 0 aliphatic heterocycles.